The summed E-state index contributed by atoms with van der Waals surface area (Å²) in [5.41, 5.74) is 2.21. The molecule has 1 aromatic heterocycles. The lowest BCUT2D eigenvalue weighted by Gasteiger charge is -2.11. The Morgan fingerprint density at radius 1 is 1.17 bits per heavy atom. The average Bonchev–Trinajstić information content (AvgIpc) is 2.59. The largest absolute Gasteiger partial charge is 0.508 e. The fourth-order valence-electron chi connectivity index (χ4n) is 2.79. The number of benzene rings is 2. The Balaban J connectivity index is 1.78. The van der Waals surface area contributed by atoms with Crippen molar-refractivity contribution in [2.24, 2.45) is 0 Å². The highest BCUT2D eigenvalue weighted by molar-refractivity contribution is 5.84. The van der Waals surface area contributed by atoms with Crippen molar-refractivity contribution >= 4 is 11.0 Å². The topological polar surface area (TPSA) is 87.3 Å². The number of phenolic OH excluding ortho intramolecular Hbond substituents is 1. The van der Waals surface area contributed by atoms with Crippen LogP contribution in [-0.4, -0.2) is 16.8 Å². The third kappa shape index (κ3) is 3.32. The standard InChI is InChI=1S/C19H19NO4/c1-12-16(21)8-7-15-14(9-18(23)24-19(12)15)10-20-11-17(22)13-5-3-2-4-6-13/h2-9,17,20-22H,10-11H2,1H3/p+1/t17-/m1/s1. The van der Waals surface area contributed by atoms with Crippen LogP contribution in [-0.2, 0) is 6.54 Å². The number of quaternary nitrogens is 1. The minimum Gasteiger partial charge on any atom is -0.508 e. The van der Waals surface area contributed by atoms with E-state index >= 15 is 0 Å². The van der Waals surface area contributed by atoms with E-state index in [1.807, 2.05) is 35.6 Å². The number of nitrogens with two attached hydrogens (primary N) is 1. The molecule has 0 unspecified atom stereocenters. The first-order chi connectivity index (χ1) is 11.6. The second-order valence-electron chi connectivity index (χ2n) is 5.83. The molecule has 0 radical (unpaired) electrons. The number of hydrogen-bond donors (Lipinski definition) is 3. The monoisotopic (exact) mass is 326 g/mol. The molecule has 0 fully saturated rings. The van der Waals surface area contributed by atoms with Crippen LogP contribution in [0, 0.1) is 6.92 Å². The smallest absolute Gasteiger partial charge is 0.336 e. The molecule has 3 aromatic rings. The number of aliphatic hydroxyl groups excluding tert-OH is 1. The molecule has 0 aliphatic heterocycles. The van der Waals surface area contributed by atoms with E-state index in [-0.39, 0.29) is 5.75 Å². The van der Waals surface area contributed by atoms with Gasteiger partial charge >= 0.3 is 5.63 Å². The fraction of sp³-hybridized carbons (Fsp3) is 0.211. The Bertz CT molecular complexity index is 902. The van der Waals surface area contributed by atoms with Crippen molar-refractivity contribution in [2.45, 2.75) is 19.6 Å². The van der Waals surface area contributed by atoms with Gasteiger partial charge in [0.15, 0.2) is 0 Å². The van der Waals surface area contributed by atoms with Crippen molar-refractivity contribution < 1.29 is 19.9 Å². The molecule has 24 heavy (non-hydrogen) atoms. The quantitative estimate of drug-likeness (QED) is 0.622. The lowest BCUT2D eigenvalue weighted by Crippen LogP contribution is -2.83. The van der Waals surface area contributed by atoms with Gasteiger partial charge in [0.25, 0.3) is 0 Å². The van der Waals surface area contributed by atoms with Crippen LogP contribution in [0.4, 0.5) is 0 Å². The number of fused-ring (bicyclic) bond motifs is 1. The summed E-state index contributed by atoms with van der Waals surface area (Å²) in [5, 5.41) is 22.7. The van der Waals surface area contributed by atoms with Crippen LogP contribution in [0.5, 0.6) is 5.75 Å². The average molecular weight is 326 g/mol. The van der Waals surface area contributed by atoms with Crippen molar-refractivity contribution in [3.63, 3.8) is 0 Å². The van der Waals surface area contributed by atoms with Crippen molar-refractivity contribution in [1.82, 2.24) is 0 Å². The number of aromatic hydroxyl groups is 1. The molecular weight excluding hydrogens is 306 g/mol. The van der Waals surface area contributed by atoms with Gasteiger partial charge in [0, 0.05) is 22.6 Å². The van der Waals surface area contributed by atoms with E-state index in [1.54, 1.807) is 19.1 Å². The van der Waals surface area contributed by atoms with E-state index in [1.165, 1.54) is 6.07 Å². The van der Waals surface area contributed by atoms with Crippen LogP contribution in [0.25, 0.3) is 11.0 Å². The highest BCUT2D eigenvalue weighted by atomic mass is 16.4. The zero-order valence-corrected chi connectivity index (χ0v) is 13.4. The first-order valence-electron chi connectivity index (χ1n) is 7.86. The molecule has 124 valence electrons. The van der Waals surface area contributed by atoms with Gasteiger partial charge in [-0.3, -0.25) is 0 Å². The number of phenols is 1. The third-order valence-electron chi connectivity index (χ3n) is 4.16. The maximum atomic E-state index is 11.8. The Labute approximate surface area is 139 Å². The Morgan fingerprint density at radius 2 is 1.92 bits per heavy atom. The van der Waals surface area contributed by atoms with Crippen molar-refractivity contribution in [1.29, 1.82) is 0 Å². The Morgan fingerprint density at radius 3 is 2.67 bits per heavy atom. The second kappa shape index (κ2) is 6.86. The van der Waals surface area contributed by atoms with E-state index in [9.17, 15) is 15.0 Å². The Hall–Kier alpha value is -2.63. The van der Waals surface area contributed by atoms with E-state index in [0.717, 1.165) is 16.5 Å². The summed E-state index contributed by atoms with van der Waals surface area (Å²) < 4.78 is 5.23. The lowest BCUT2D eigenvalue weighted by molar-refractivity contribution is -0.677. The lowest BCUT2D eigenvalue weighted by atomic mass is 10.1. The minimum absolute atomic E-state index is 0.103. The van der Waals surface area contributed by atoms with Gasteiger partial charge in [0.1, 0.15) is 30.5 Å². The predicted octanol–water partition coefficient (Wildman–Crippen LogP) is 1.60. The van der Waals surface area contributed by atoms with Gasteiger partial charge in [-0.1, -0.05) is 30.3 Å². The van der Waals surface area contributed by atoms with E-state index in [4.69, 9.17) is 4.42 Å². The van der Waals surface area contributed by atoms with Crippen LogP contribution in [0.1, 0.15) is 22.8 Å². The van der Waals surface area contributed by atoms with Crippen molar-refractivity contribution in [3.8, 4) is 5.75 Å². The molecule has 2 aromatic carbocycles. The van der Waals surface area contributed by atoms with Gasteiger partial charge in [-0.2, -0.15) is 0 Å². The zero-order chi connectivity index (χ0) is 17.1. The van der Waals surface area contributed by atoms with Crippen LogP contribution in [0.3, 0.4) is 0 Å². The zero-order valence-electron chi connectivity index (χ0n) is 13.4. The maximum Gasteiger partial charge on any atom is 0.336 e. The minimum atomic E-state index is -0.566. The number of aliphatic hydroxyl groups is 1. The van der Waals surface area contributed by atoms with E-state index < -0.39 is 11.7 Å². The first kappa shape index (κ1) is 16.2. The number of rotatable bonds is 5. The molecular formula is C19H20NO4+. The molecule has 4 N–H and O–H groups in total. The van der Waals surface area contributed by atoms with Crippen molar-refractivity contribution in [2.75, 3.05) is 6.54 Å². The third-order valence-corrected chi connectivity index (χ3v) is 4.16. The molecule has 0 saturated carbocycles. The summed E-state index contributed by atoms with van der Waals surface area (Å²) in [6, 6.07) is 14.3. The Kier molecular flexibility index (Phi) is 4.64. The van der Waals surface area contributed by atoms with Gasteiger partial charge in [0.2, 0.25) is 0 Å². The molecule has 0 aliphatic carbocycles. The van der Waals surface area contributed by atoms with E-state index in [2.05, 4.69) is 0 Å². The molecule has 3 rings (SSSR count). The number of hydrogen-bond acceptors (Lipinski definition) is 4. The van der Waals surface area contributed by atoms with Gasteiger partial charge in [-0.25, -0.2) is 4.79 Å². The second-order valence-corrected chi connectivity index (χ2v) is 5.83. The van der Waals surface area contributed by atoms with Gasteiger partial charge < -0.3 is 19.9 Å². The molecule has 5 heteroatoms. The molecule has 0 aliphatic rings. The molecule has 0 saturated heterocycles. The maximum absolute atomic E-state index is 11.8. The van der Waals surface area contributed by atoms with Crippen LogP contribution >= 0.6 is 0 Å². The van der Waals surface area contributed by atoms with Crippen LogP contribution < -0.4 is 10.9 Å². The summed E-state index contributed by atoms with van der Waals surface area (Å²) >= 11 is 0. The highest BCUT2D eigenvalue weighted by Crippen LogP contribution is 2.26. The van der Waals surface area contributed by atoms with Gasteiger partial charge in [-0.15, -0.1) is 0 Å². The summed E-state index contributed by atoms with van der Waals surface area (Å²) in [4.78, 5) is 11.8. The molecule has 5 nitrogen and oxygen atoms in total. The molecule has 1 heterocycles. The highest BCUT2D eigenvalue weighted by Gasteiger charge is 2.13. The molecule has 1 atom stereocenters. The predicted molar refractivity (Wildman–Crippen MR) is 90.8 cm³/mol. The van der Waals surface area contributed by atoms with E-state index in [0.29, 0.717) is 24.2 Å². The summed E-state index contributed by atoms with van der Waals surface area (Å²) in [6.07, 6.45) is -0.566. The van der Waals surface area contributed by atoms with Crippen LogP contribution in [0.15, 0.2) is 57.7 Å². The normalized spacial score (nSPS) is 12.4. The molecule has 0 amide bonds. The summed E-state index contributed by atoms with van der Waals surface area (Å²) in [6.45, 7) is 2.74. The first-order valence-corrected chi connectivity index (χ1v) is 7.86. The van der Waals surface area contributed by atoms with Gasteiger partial charge in [0.05, 0.1) is 0 Å². The number of aryl methyl sites for hydroxylation is 1. The van der Waals surface area contributed by atoms with Gasteiger partial charge in [-0.05, 0) is 24.6 Å². The molecule has 0 spiro atoms. The fourth-order valence-corrected chi connectivity index (χ4v) is 2.79. The van der Waals surface area contributed by atoms with Crippen LogP contribution in [0.2, 0.25) is 0 Å². The summed E-state index contributed by atoms with van der Waals surface area (Å²) in [7, 11) is 0. The molecule has 0 bridgehead atoms. The van der Waals surface area contributed by atoms with Crippen molar-refractivity contribution in [3.05, 3.63) is 75.6 Å². The summed E-state index contributed by atoms with van der Waals surface area (Å²) in [5.74, 6) is 0.103. The SMILES string of the molecule is Cc1c(O)ccc2c(C[NH2+]C[C@@H](O)c3ccccc3)cc(=O)oc12.